The summed E-state index contributed by atoms with van der Waals surface area (Å²) < 4.78 is 0. The molecule has 1 saturated heterocycles. The summed E-state index contributed by atoms with van der Waals surface area (Å²) in [5, 5.41) is 0. The molecule has 3 nitrogen and oxygen atoms in total. The second-order valence-corrected chi connectivity index (χ2v) is 5.10. The van der Waals surface area contributed by atoms with Gasteiger partial charge in [-0.1, -0.05) is 27.7 Å². The van der Waals surface area contributed by atoms with Gasteiger partial charge in [-0.05, 0) is 18.8 Å². The zero-order valence-electron chi connectivity index (χ0n) is 10.4. The third-order valence-electron chi connectivity index (χ3n) is 3.77. The molecule has 0 aromatic carbocycles. The summed E-state index contributed by atoms with van der Waals surface area (Å²) in [7, 11) is 0. The molecule has 0 unspecified atom stereocenters. The van der Waals surface area contributed by atoms with E-state index in [0.717, 1.165) is 25.9 Å². The Labute approximate surface area is 93.0 Å². The van der Waals surface area contributed by atoms with E-state index in [2.05, 4.69) is 27.7 Å². The molecule has 1 rings (SSSR count). The van der Waals surface area contributed by atoms with Gasteiger partial charge >= 0.3 is 0 Å². The summed E-state index contributed by atoms with van der Waals surface area (Å²) in [5.41, 5.74) is 6.03. The average molecular weight is 212 g/mol. The van der Waals surface area contributed by atoms with Gasteiger partial charge in [0.1, 0.15) is 0 Å². The van der Waals surface area contributed by atoms with Crippen molar-refractivity contribution in [3.8, 4) is 0 Å². The minimum atomic E-state index is -0.137. The van der Waals surface area contributed by atoms with Crippen molar-refractivity contribution in [1.82, 2.24) is 4.90 Å². The molecule has 1 aliphatic heterocycles. The molecule has 2 N–H and O–H groups in total. The Morgan fingerprint density at radius 3 is 2.13 bits per heavy atom. The van der Waals surface area contributed by atoms with E-state index >= 15 is 0 Å². The molecule has 0 aromatic rings. The van der Waals surface area contributed by atoms with Gasteiger partial charge in [0.2, 0.25) is 5.91 Å². The summed E-state index contributed by atoms with van der Waals surface area (Å²) >= 11 is 0. The van der Waals surface area contributed by atoms with Gasteiger partial charge < -0.3 is 10.6 Å². The van der Waals surface area contributed by atoms with Crippen LogP contribution in [-0.4, -0.2) is 29.4 Å². The molecule has 88 valence electrons. The first kappa shape index (κ1) is 12.5. The van der Waals surface area contributed by atoms with Crippen molar-refractivity contribution in [2.45, 2.75) is 46.1 Å². The monoisotopic (exact) mass is 212 g/mol. The van der Waals surface area contributed by atoms with Crippen LogP contribution in [0.25, 0.3) is 0 Å². The van der Waals surface area contributed by atoms with Crippen LogP contribution in [0.5, 0.6) is 0 Å². The summed E-state index contributed by atoms with van der Waals surface area (Å²) in [5.74, 6) is 0.937. The van der Waals surface area contributed by atoms with Crippen LogP contribution < -0.4 is 5.73 Å². The molecule has 0 radical (unpaired) electrons. The van der Waals surface area contributed by atoms with Gasteiger partial charge in [0, 0.05) is 19.0 Å². The van der Waals surface area contributed by atoms with E-state index in [1.807, 2.05) is 4.90 Å². The smallest absolute Gasteiger partial charge is 0.225 e. The summed E-state index contributed by atoms with van der Waals surface area (Å²) in [6.45, 7) is 9.87. The van der Waals surface area contributed by atoms with Crippen LogP contribution in [-0.2, 0) is 4.79 Å². The molecule has 0 atom stereocenters. The van der Waals surface area contributed by atoms with E-state index in [-0.39, 0.29) is 11.5 Å². The summed E-state index contributed by atoms with van der Waals surface area (Å²) in [6.07, 6.45) is 1.87. The number of carbonyl (C=O) groups is 1. The van der Waals surface area contributed by atoms with E-state index in [4.69, 9.17) is 5.73 Å². The normalized spacial score (nSPS) is 19.5. The van der Waals surface area contributed by atoms with E-state index in [9.17, 15) is 4.79 Å². The molecule has 1 heterocycles. The van der Waals surface area contributed by atoms with Gasteiger partial charge in [0.05, 0.1) is 5.54 Å². The lowest BCUT2D eigenvalue weighted by molar-refractivity contribution is -0.144. The molecule has 0 bridgehead atoms. The zero-order chi connectivity index (χ0) is 11.6. The third-order valence-corrected chi connectivity index (χ3v) is 3.77. The van der Waals surface area contributed by atoms with Crippen LogP contribution in [0.15, 0.2) is 0 Å². The fourth-order valence-corrected chi connectivity index (χ4v) is 2.08. The maximum Gasteiger partial charge on any atom is 0.225 e. The highest BCUT2D eigenvalue weighted by atomic mass is 16.2. The van der Waals surface area contributed by atoms with E-state index in [1.54, 1.807) is 0 Å². The summed E-state index contributed by atoms with van der Waals surface area (Å²) in [4.78, 5) is 13.9. The number of hydrogen-bond donors (Lipinski definition) is 1. The van der Waals surface area contributed by atoms with Crippen LogP contribution in [0.2, 0.25) is 0 Å². The first-order valence-electron chi connectivity index (χ1n) is 6.02. The number of amides is 1. The van der Waals surface area contributed by atoms with Gasteiger partial charge in [-0.2, -0.15) is 0 Å². The minimum absolute atomic E-state index is 0.137. The minimum Gasteiger partial charge on any atom is -0.339 e. The van der Waals surface area contributed by atoms with Crippen LogP contribution in [0, 0.1) is 11.8 Å². The Balaban J connectivity index is 2.48. The number of carbonyl (C=O) groups excluding carboxylic acids is 1. The topological polar surface area (TPSA) is 46.3 Å². The molecule has 1 amide bonds. The lowest BCUT2D eigenvalue weighted by Gasteiger charge is -2.51. The van der Waals surface area contributed by atoms with Crippen molar-refractivity contribution in [3.05, 3.63) is 0 Å². The maximum atomic E-state index is 12.0. The molecular formula is C12H24N2O. The molecule has 15 heavy (non-hydrogen) atoms. The van der Waals surface area contributed by atoms with Crippen molar-refractivity contribution < 1.29 is 4.79 Å². The second kappa shape index (κ2) is 4.52. The lowest BCUT2D eigenvalue weighted by atomic mass is 9.79. The zero-order valence-corrected chi connectivity index (χ0v) is 10.4. The summed E-state index contributed by atoms with van der Waals surface area (Å²) in [6, 6.07) is 0. The fourth-order valence-electron chi connectivity index (χ4n) is 2.08. The Morgan fingerprint density at radius 2 is 1.80 bits per heavy atom. The molecule has 0 spiro atoms. The molecule has 0 aliphatic carbocycles. The van der Waals surface area contributed by atoms with Crippen molar-refractivity contribution in [3.63, 3.8) is 0 Å². The lowest BCUT2D eigenvalue weighted by Crippen LogP contribution is -2.71. The van der Waals surface area contributed by atoms with E-state index < -0.39 is 0 Å². The Bertz CT molecular complexity index is 228. The van der Waals surface area contributed by atoms with Crippen LogP contribution in [0.4, 0.5) is 0 Å². The van der Waals surface area contributed by atoms with Crippen LogP contribution >= 0.6 is 0 Å². The number of rotatable bonds is 4. The van der Waals surface area contributed by atoms with Crippen molar-refractivity contribution in [2.24, 2.45) is 17.6 Å². The third kappa shape index (κ3) is 2.33. The van der Waals surface area contributed by atoms with Crippen molar-refractivity contribution >= 4 is 5.91 Å². The Hall–Kier alpha value is -0.570. The molecular weight excluding hydrogens is 188 g/mol. The van der Waals surface area contributed by atoms with E-state index in [1.165, 1.54) is 0 Å². The first-order chi connectivity index (χ1) is 6.94. The van der Waals surface area contributed by atoms with Gasteiger partial charge in [0.25, 0.3) is 0 Å². The molecule has 0 aromatic heterocycles. The van der Waals surface area contributed by atoms with Gasteiger partial charge in [0.15, 0.2) is 0 Å². The molecule has 0 saturated carbocycles. The van der Waals surface area contributed by atoms with Crippen LogP contribution in [0.3, 0.4) is 0 Å². The average Bonchev–Trinajstić information content (AvgIpc) is 2.14. The first-order valence-corrected chi connectivity index (χ1v) is 6.02. The standard InChI is InChI=1S/C12H24N2O/c1-5-10(6-2)11(15)14-7-12(13,8-14)9(3)4/h9-10H,5-8,13H2,1-4H3. The van der Waals surface area contributed by atoms with Crippen LogP contribution in [0.1, 0.15) is 40.5 Å². The van der Waals surface area contributed by atoms with Gasteiger partial charge in [-0.3, -0.25) is 4.79 Å². The maximum absolute atomic E-state index is 12.0. The van der Waals surface area contributed by atoms with Gasteiger partial charge in [-0.25, -0.2) is 0 Å². The predicted molar refractivity (Wildman–Crippen MR) is 62.4 cm³/mol. The molecule has 1 aliphatic rings. The largest absolute Gasteiger partial charge is 0.339 e. The highest BCUT2D eigenvalue weighted by molar-refractivity contribution is 5.80. The number of nitrogens with zero attached hydrogens (tertiary/aromatic N) is 1. The van der Waals surface area contributed by atoms with Gasteiger partial charge in [-0.15, -0.1) is 0 Å². The molecule has 1 fully saturated rings. The van der Waals surface area contributed by atoms with Crippen molar-refractivity contribution in [1.29, 1.82) is 0 Å². The number of nitrogens with two attached hydrogens (primary N) is 1. The molecule has 3 heteroatoms. The Morgan fingerprint density at radius 1 is 1.33 bits per heavy atom. The number of likely N-dealkylation sites (tertiary alicyclic amines) is 1. The Kier molecular flexibility index (Phi) is 3.77. The van der Waals surface area contributed by atoms with Crippen molar-refractivity contribution in [2.75, 3.05) is 13.1 Å². The predicted octanol–water partition coefficient (Wildman–Crippen LogP) is 1.62. The number of hydrogen-bond acceptors (Lipinski definition) is 2. The highest BCUT2D eigenvalue weighted by Crippen LogP contribution is 2.28. The quantitative estimate of drug-likeness (QED) is 0.769. The highest BCUT2D eigenvalue weighted by Gasteiger charge is 2.44. The SMILES string of the molecule is CCC(CC)C(=O)N1CC(N)(C(C)C)C1. The second-order valence-electron chi connectivity index (χ2n) is 5.10. The van der Waals surface area contributed by atoms with E-state index in [0.29, 0.717) is 11.8 Å². The fraction of sp³-hybridized carbons (Fsp3) is 0.917.